The lowest BCUT2D eigenvalue weighted by atomic mass is 10.0. The molecule has 276 valence electrons. The van der Waals surface area contributed by atoms with Crippen molar-refractivity contribution in [2.24, 2.45) is 11.8 Å². The van der Waals surface area contributed by atoms with Crippen molar-refractivity contribution >= 4 is 35.3 Å². The van der Waals surface area contributed by atoms with E-state index in [1.54, 1.807) is 38.6 Å². The summed E-state index contributed by atoms with van der Waals surface area (Å²) in [5.41, 5.74) is 0. The number of aromatic nitrogens is 10. The number of hydrogen-bond donors (Lipinski definition) is 2. The quantitative estimate of drug-likeness (QED) is 0.262. The Labute approximate surface area is 298 Å². The first kappa shape index (κ1) is 34.6. The number of aryl methyl sites for hydroxylation is 2. The zero-order valence-corrected chi connectivity index (χ0v) is 29.8. The standard InChI is InChI=1S/2C16H21N7O3/c2*1-9(2)11-4-5-12-19-14(20-22(11)12)15(24)18-10-8-26-23-13(6-7-17-23)21(3)16(10)25/h2*6-7,9-11H,4-5,8H2,1-3H3,(H,18,24)/t10-,11+;10-,11-/m00/s1. The number of nitrogens with one attached hydrogen (secondary N) is 2. The fourth-order valence-electron chi connectivity index (χ4n) is 6.83. The molecule has 0 aromatic carbocycles. The molecular formula is C32H42N14O6. The topological polar surface area (TPSA) is 214 Å². The van der Waals surface area contributed by atoms with E-state index in [1.807, 2.05) is 9.36 Å². The van der Waals surface area contributed by atoms with Crippen LogP contribution in [0.4, 0.5) is 11.6 Å². The molecule has 8 heterocycles. The van der Waals surface area contributed by atoms with Gasteiger partial charge in [-0.25, -0.2) is 19.3 Å². The molecule has 0 spiro atoms. The van der Waals surface area contributed by atoms with Crippen LogP contribution in [0.3, 0.4) is 0 Å². The molecule has 8 rings (SSSR count). The summed E-state index contributed by atoms with van der Waals surface area (Å²) in [6.07, 6.45) is 6.66. The predicted molar refractivity (Wildman–Crippen MR) is 181 cm³/mol. The molecule has 4 aromatic heterocycles. The van der Waals surface area contributed by atoms with Gasteiger partial charge in [0, 0.05) is 39.1 Å². The molecule has 4 aliphatic rings. The number of nitrogens with zero attached hydrogens (tertiary/aromatic N) is 12. The lowest BCUT2D eigenvalue weighted by Gasteiger charge is -2.18. The van der Waals surface area contributed by atoms with Gasteiger partial charge in [-0.1, -0.05) is 37.4 Å². The molecule has 4 aliphatic heterocycles. The van der Waals surface area contributed by atoms with Crippen LogP contribution in [0.2, 0.25) is 0 Å². The van der Waals surface area contributed by atoms with Crippen molar-refractivity contribution in [3.05, 3.63) is 47.8 Å². The summed E-state index contributed by atoms with van der Waals surface area (Å²) in [4.78, 5) is 75.3. The number of carbonyl (C=O) groups is 4. The maximum atomic E-state index is 12.6. The van der Waals surface area contributed by atoms with Gasteiger partial charge < -0.3 is 20.3 Å². The average molecular weight is 719 g/mol. The van der Waals surface area contributed by atoms with E-state index in [2.05, 4.69) is 68.7 Å². The maximum absolute atomic E-state index is 12.6. The number of likely N-dealkylation sites (N-methyl/N-ethyl adjacent to an activating group) is 2. The third-order valence-electron chi connectivity index (χ3n) is 9.77. The van der Waals surface area contributed by atoms with Crippen molar-refractivity contribution in [2.75, 3.05) is 37.1 Å². The summed E-state index contributed by atoms with van der Waals surface area (Å²) < 4.78 is 3.68. The predicted octanol–water partition coefficient (Wildman–Crippen LogP) is -0.357. The van der Waals surface area contributed by atoms with Crippen molar-refractivity contribution in [2.45, 2.75) is 77.5 Å². The molecule has 4 aromatic rings. The van der Waals surface area contributed by atoms with Crippen LogP contribution in [-0.4, -0.2) is 112 Å². The van der Waals surface area contributed by atoms with Gasteiger partial charge in [-0.2, -0.15) is 0 Å². The normalized spacial score (nSPS) is 22.0. The van der Waals surface area contributed by atoms with Crippen LogP contribution >= 0.6 is 0 Å². The molecule has 0 fully saturated rings. The highest BCUT2D eigenvalue weighted by Gasteiger charge is 2.36. The number of anilines is 2. The lowest BCUT2D eigenvalue weighted by molar-refractivity contribution is -0.121. The first-order chi connectivity index (χ1) is 24.9. The zero-order valence-electron chi connectivity index (χ0n) is 29.8. The van der Waals surface area contributed by atoms with Gasteiger partial charge in [-0.3, -0.25) is 29.0 Å². The van der Waals surface area contributed by atoms with E-state index in [9.17, 15) is 19.2 Å². The Morgan fingerprint density at radius 1 is 0.712 bits per heavy atom. The van der Waals surface area contributed by atoms with E-state index < -0.39 is 23.9 Å². The largest absolute Gasteiger partial charge is 0.392 e. The zero-order chi connectivity index (χ0) is 36.8. The third-order valence-corrected chi connectivity index (χ3v) is 9.77. The van der Waals surface area contributed by atoms with Crippen LogP contribution in [-0.2, 0) is 22.4 Å². The van der Waals surface area contributed by atoms with Crippen LogP contribution in [0, 0.1) is 11.8 Å². The van der Waals surface area contributed by atoms with Gasteiger partial charge >= 0.3 is 0 Å². The fourth-order valence-corrected chi connectivity index (χ4v) is 6.83. The van der Waals surface area contributed by atoms with E-state index in [0.717, 1.165) is 37.3 Å². The van der Waals surface area contributed by atoms with Crippen LogP contribution in [0.5, 0.6) is 0 Å². The molecule has 4 atom stereocenters. The Balaban J connectivity index is 0.000000162. The molecule has 20 nitrogen and oxygen atoms in total. The molecule has 52 heavy (non-hydrogen) atoms. The van der Waals surface area contributed by atoms with Crippen LogP contribution in [0.25, 0.3) is 0 Å². The number of carbonyl (C=O) groups excluding carboxylic acids is 4. The van der Waals surface area contributed by atoms with Gasteiger partial charge in [0.2, 0.25) is 11.6 Å². The van der Waals surface area contributed by atoms with Crippen molar-refractivity contribution < 1.29 is 28.9 Å². The molecule has 0 saturated carbocycles. The minimum Gasteiger partial charge on any atom is -0.392 e. The van der Waals surface area contributed by atoms with Gasteiger partial charge in [0.15, 0.2) is 11.6 Å². The van der Waals surface area contributed by atoms with Gasteiger partial charge in [0.25, 0.3) is 23.6 Å². The Bertz CT molecular complexity index is 1850. The lowest BCUT2D eigenvalue weighted by Crippen LogP contribution is -2.49. The van der Waals surface area contributed by atoms with Crippen LogP contribution in [0.15, 0.2) is 24.5 Å². The van der Waals surface area contributed by atoms with Gasteiger partial charge in [-0.15, -0.1) is 20.4 Å². The van der Waals surface area contributed by atoms with Gasteiger partial charge in [0.1, 0.15) is 36.9 Å². The van der Waals surface area contributed by atoms with Crippen molar-refractivity contribution in [3.63, 3.8) is 0 Å². The Kier molecular flexibility index (Phi) is 9.13. The van der Waals surface area contributed by atoms with E-state index in [4.69, 9.17) is 9.68 Å². The van der Waals surface area contributed by atoms with E-state index in [-0.39, 0.29) is 48.8 Å². The number of rotatable bonds is 6. The molecule has 0 saturated heterocycles. The SMILES string of the molecule is CC(C)[C@@H]1CCc2nc(C(=O)N[C@H]3COn4nccc4N(C)C3=O)nn21.CC(C)[C@H]1CCc2nc(C(=O)N[C@H]3COn4nccc4N(C)C3=O)nn21. The molecule has 0 radical (unpaired) electrons. The molecule has 20 heteroatoms. The smallest absolute Gasteiger partial charge is 0.291 e. The molecule has 0 unspecified atom stereocenters. The summed E-state index contributed by atoms with van der Waals surface area (Å²) in [5, 5.41) is 22.1. The van der Waals surface area contributed by atoms with E-state index in [1.165, 1.54) is 19.5 Å². The highest BCUT2D eigenvalue weighted by molar-refractivity contribution is 6.01. The third kappa shape index (κ3) is 6.32. The summed E-state index contributed by atoms with van der Waals surface area (Å²) in [5.74, 6) is 2.11. The van der Waals surface area contributed by atoms with E-state index in [0.29, 0.717) is 23.5 Å². The fraction of sp³-hybridized carbons (Fsp3) is 0.562. The summed E-state index contributed by atoms with van der Waals surface area (Å²) in [7, 11) is 3.22. The van der Waals surface area contributed by atoms with Crippen LogP contribution in [0.1, 0.15) is 85.5 Å². The summed E-state index contributed by atoms with van der Waals surface area (Å²) in [6, 6.07) is 2.16. The minimum atomic E-state index is -0.839. The monoisotopic (exact) mass is 718 g/mol. The van der Waals surface area contributed by atoms with E-state index >= 15 is 0 Å². The summed E-state index contributed by atoms with van der Waals surface area (Å²) in [6.45, 7) is 8.46. The average Bonchev–Trinajstić information content (AvgIpc) is 3.95. The first-order valence-electron chi connectivity index (χ1n) is 17.3. The van der Waals surface area contributed by atoms with Crippen LogP contribution < -0.4 is 30.1 Å². The highest BCUT2D eigenvalue weighted by atomic mass is 16.7. The maximum Gasteiger partial charge on any atom is 0.291 e. The van der Waals surface area contributed by atoms with Gasteiger partial charge in [0.05, 0.1) is 24.5 Å². The molecule has 0 aliphatic carbocycles. The number of hydrogen-bond acceptors (Lipinski definition) is 12. The van der Waals surface area contributed by atoms with Crippen molar-refractivity contribution in [3.8, 4) is 0 Å². The molecule has 4 amide bonds. The second-order valence-electron chi connectivity index (χ2n) is 13.9. The second kappa shape index (κ2) is 13.7. The number of amides is 4. The Morgan fingerprint density at radius 3 is 1.50 bits per heavy atom. The summed E-state index contributed by atoms with van der Waals surface area (Å²) >= 11 is 0. The second-order valence-corrected chi connectivity index (χ2v) is 13.9. The van der Waals surface area contributed by atoms with Crippen molar-refractivity contribution in [1.82, 2.24) is 60.1 Å². The Morgan fingerprint density at radius 2 is 1.12 bits per heavy atom. The highest BCUT2D eigenvalue weighted by Crippen LogP contribution is 2.31. The first-order valence-corrected chi connectivity index (χ1v) is 17.3. The Hall–Kier alpha value is -5.82. The molecule has 0 bridgehead atoms. The van der Waals surface area contributed by atoms with Gasteiger partial charge in [-0.05, 0) is 24.7 Å². The minimum absolute atomic E-state index is 0.0220. The number of fused-ring (bicyclic) bond motifs is 4. The molecular weight excluding hydrogens is 676 g/mol. The molecule has 2 N–H and O–H groups in total. The van der Waals surface area contributed by atoms with Crippen molar-refractivity contribution in [1.29, 1.82) is 0 Å².